The molecule has 0 spiro atoms. The van der Waals surface area contributed by atoms with Gasteiger partial charge in [0.2, 0.25) is 0 Å². The van der Waals surface area contributed by atoms with Crippen LogP contribution in [0.2, 0.25) is 0 Å². The zero-order valence-electron chi connectivity index (χ0n) is 10.9. The third-order valence-corrected chi connectivity index (χ3v) is 3.15. The number of nitrogens with zero attached hydrogens (tertiary/aromatic N) is 2. The van der Waals surface area contributed by atoms with Crippen molar-refractivity contribution < 1.29 is 18.3 Å². The molecule has 0 saturated heterocycles. The van der Waals surface area contributed by atoms with Crippen LogP contribution in [0.15, 0.2) is 15.5 Å². The van der Waals surface area contributed by atoms with Gasteiger partial charge in [0.15, 0.2) is 6.10 Å². The van der Waals surface area contributed by atoms with Gasteiger partial charge in [-0.05, 0) is 21.8 Å². The Hall–Kier alpha value is -1.09. The van der Waals surface area contributed by atoms with Crippen LogP contribution in [-0.2, 0) is 6.54 Å². The number of aromatic nitrogens is 2. The first-order valence-electron chi connectivity index (χ1n) is 5.87. The largest absolute Gasteiger partial charge is 0.416 e. The van der Waals surface area contributed by atoms with Gasteiger partial charge in [0.05, 0.1) is 11.9 Å². The highest BCUT2D eigenvalue weighted by Crippen LogP contribution is 2.22. The average molecular weight is 358 g/mol. The molecule has 1 atom stereocenters. The van der Waals surface area contributed by atoms with E-state index in [1.807, 2.05) is 13.8 Å². The maximum atomic E-state index is 12.2. The van der Waals surface area contributed by atoms with E-state index < -0.39 is 24.4 Å². The summed E-state index contributed by atoms with van der Waals surface area (Å²) in [4.78, 5) is 11.9. The van der Waals surface area contributed by atoms with Crippen molar-refractivity contribution in [3.8, 4) is 0 Å². The highest BCUT2D eigenvalue weighted by Gasteiger charge is 2.37. The molecule has 2 N–H and O–H groups in total. The van der Waals surface area contributed by atoms with Gasteiger partial charge >= 0.3 is 6.18 Å². The Kier molecular flexibility index (Phi) is 5.58. The summed E-state index contributed by atoms with van der Waals surface area (Å²) >= 11 is 3.02. The van der Waals surface area contributed by atoms with Gasteiger partial charge < -0.3 is 10.4 Å². The van der Waals surface area contributed by atoms with Crippen LogP contribution in [0.25, 0.3) is 0 Å². The van der Waals surface area contributed by atoms with Gasteiger partial charge in [0.25, 0.3) is 5.56 Å². The topological polar surface area (TPSA) is 67.2 Å². The molecule has 0 bridgehead atoms. The van der Waals surface area contributed by atoms with Crippen molar-refractivity contribution in [3.63, 3.8) is 0 Å². The first-order valence-corrected chi connectivity index (χ1v) is 6.66. The standard InChI is InChI=1S/C11H15BrF3N3O2/c1-6(2)5-18-10(20)9(12)7(3-17-18)16-4-8(19)11(13,14)15/h3,6,8,16,19H,4-5H2,1-2H3. The molecule has 1 heterocycles. The van der Waals surface area contributed by atoms with Crippen molar-refractivity contribution in [3.05, 3.63) is 21.0 Å². The molecule has 0 aliphatic heterocycles. The van der Waals surface area contributed by atoms with E-state index in [1.54, 1.807) is 0 Å². The Morgan fingerprint density at radius 3 is 2.60 bits per heavy atom. The second kappa shape index (κ2) is 6.57. The molecule has 1 rings (SSSR count). The van der Waals surface area contributed by atoms with Gasteiger partial charge in [-0.15, -0.1) is 0 Å². The van der Waals surface area contributed by atoms with E-state index in [2.05, 4.69) is 26.3 Å². The minimum Gasteiger partial charge on any atom is -0.382 e. The van der Waals surface area contributed by atoms with E-state index >= 15 is 0 Å². The Balaban J connectivity index is 2.84. The number of aliphatic hydroxyl groups excluding tert-OH is 1. The number of nitrogens with one attached hydrogen (secondary N) is 1. The van der Waals surface area contributed by atoms with Crippen molar-refractivity contribution in [2.24, 2.45) is 5.92 Å². The molecule has 0 radical (unpaired) electrons. The van der Waals surface area contributed by atoms with Crippen LogP contribution in [0.1, 0.15) is 13.8 Å². The summed E-state index contributed by atoms with van der Waals surface area (Å²) in [5.74, 6) is 0.206. The molecule has 1 aromatic heterocycles. The van der Waals surface area contributed by atoms with Crippen LogP contribution >= 0.6 is 15.9 Å². The van der Waals surface area contributed by atoms with Gasteiger partial charge in [0, 0.05) is 13.1 Å². The molecular weight excluding hydrogens is 343 g/mol. The van der Waals surface area contributed by atoms with Crippen molar-refractivity contribution in [1.29, 1.82) is 0 Å². The number of hydrogen-bond acceptors (Lipinski definition) is 4. The molecule has 0 aliphatic carbocycles. The fraction of sp³-hybridized carbons (Fsp3) is 0.636. The van der Waals surface area contributed by atoms with Gasteiger partial charge in [-0.25, -0.2) is 4.68 Å². The number of halogens is 4. The molecule has 114 valence electrons. The fourth-order valence-corrected chi connectivity index (χ4v) is 1.83. The lowest BCUT2D eigenvalue weighted by Crippen LogP contribution is -2.35. The molecule has 0 aromatic carbocycles. The predicted octanol–water partition coefficient (Wildman–Crippen LogP) is 2.00. The highest BCUT2D eigenvalue weighted by molar-refractivity contribution is 9.10. The lowest BCUT2D eigenvalue weighted by atomic mass is 10.2. The van der Waals surface area contributed by atoms with E-state index in [-0.39, 0.29) is 16.1 Å². The van der Waals surface area contributed by atoms with Gasteiger partial charge in [-0.1, -0.05) is 13.8 Å². The Labute approximate surface area is 121 Å². The lowest BCUT2D eigenvalue weighted by molar-refractivity contribution is -0.198. The van der Waals surface area contributed by atoms with Crippen molar-refractivity contribution in [1.82, 2.24) is 9.78 Å². The molecule has 1 aromatic rings. The normalized spacial score (nSPS) is 13.6. The molecule has 0 fully saturated rings. The molecule has 9 heteroatoms. The zero-order chi connectivity index (χ0) is 15.5. The SMILES string of the molecule is CC(C)Cn1ncc(NCC(O)C(F)(F)F)c(Br)c1=O. The molecule has 0 saturated carbocycles. The summed E-state index contributed by atoms with van der Waals surface area (Å²) in [6.45, 7) is 3.47. The Morgan fingerprint density at radius 2 is 2.10 bits per heavy atom. The van der Waals surface area contributed by atoms with E-state index in [0.29, 0.717) is 6.54 Å². The lowest BCUT2D eigenvalue weighted by Gasteiger charge is -2.16. The van der Waals surface area contributed by atoms with E-state index in [9.17, 15) is 18.0 Å². The van der Waals surface area contributed by atoms with Crippen LogP contribution in [0.4, 0.5) is 18.9 Å². The molecule has 1 unspecified atom stereocenters. The van der Waals surface area contributed by atoms with Crippen LogP contribution in [0.5, 0.6) is 0 Å². The Bertz CT molecular complexity index is 517. The van der Waals surface area contributed by atoms with E-state index in [4.69, 9.17) is 5.11 Å². The van der Waals surface area contributed by atoms with Crippen molar-refractivity contribution in [2.75, 3.05) is 11.9 Å². The second-order valence-corrected chi connectivity index (χ2v) is 5.48. The van der Waals surface area contributed by atoms with Gasteiger partial charge in [0.1, 0.15) is 4.47 Å². The Morgan fingerprint density at radius 1 is 1.50 bits per heavy atom. The maximum Gasteiger partial charge on any atom is 0.416 e. The number of rotatable bonds is 5. The number of alkyl halides is 3. The van der Waals surface area contributed by atoms with Crippen molar-refractivity contribution >= 4 is 21.6 Å². The molecule has 5 nitrogen and oxygen atoms in total. The molecule has 20 heavy (non-hydrogen) atoms. The molecular formula is C11H15BrF3N3O2. The number of aliphatic hydroxyl groups is 1. The fourth-order valence-electron chi connectivity index (χ4n) is 1.39. The first-order chi connectivity index (χ1) is 9.12. The van der Waals surface area contributed by atoms with Crippen LogP contribution in [0, 0.1) is 5.92 Å². The minimum atomic E-state index is -4.71. The summed E-state index contributed by atoms with van der Waals surface area (Å²) in [6.07, 6.45) is -5.97. The summed E-state index contributed by atoms with van der Waals surface area (Å²) in [5, 5.41) is 15.1. The number of anilines is 1. The van der Waals surface area contributed by atoms with E-state index in [1.165, 1.54) is 10.9 Å². The van der Waals surface area contributed by atoms with Crippen LogP contribution in [-0.4, -0.2) is 33.7 Å². The third-order valence-electron chi connectivity index (χ3n) is 2.39. The quantitative estimate of drug-likeness (QED) is 0.845. The summed E-state index contributed by atoms with van der Waals surface area (Å²) < 4.78 is 37.8. The first kappa shape index (κ1) is 17.0. The van der Waals surface area contributed by atoms with E-state index in [0.717, 1.165) is 0 Å². The zero-order valence-corrected chi connectivity index (χ0v) is 12.5. The monoisotopic (exact) mass is 357 g/mol. The molecule has 0 aliphatic rings. The highest BCUT2D eigenvalue weighted by atomic mass is 79.9. The summed E-state index contributed by atoms with van der Waals surface area (Å²) in [5.41, 5.74) is -0.330. The average Bonchev–Trinajstić information content (AvgIpc) is 2.32. The minimum absolute atomic E-state index is 0.0857. The molecule has 0 amide bonds. The maximum absolute atomic E-state index is 12.2. The summed E-state index contributed by atoms with van der Waals surface area (Å²) in [6, 6.07) is 0. The summed E-state index contributed by atoms with van der Waals surface area (Å²) in [7, 11) is 0. The van der Waals surface area contributed by atoms with Gasteiger partial charge in [-0.3, -0.25) is 4.79 Å². The van der Waals surface area contributed by atoms with Gasteiger partial charge in [-0.2, -0.15) is 18.3 Å². The third kappa shape index (κ3) is 4.48. The predicted molar refractivity (Wildman–Crippen MR) is 71.6 cm³/mol. The number of hydrogen-bond donors (Lipinski definition) is 2. The second-order valence-electron chi connectivity index (χ2n) is 4.69. The van der Waals surface area contributed by atoms with Crippen LogP contribution in [0.3, 0.4) is 0 Å². The smallest absolute Gasteiger partial charge is 0.382 e. The van der Waals surface area contributed by atoms with Crippen LogP contribution < -0.4 is 10.9 Å². The van der Waals surface area contributed by atoms with Crippen molar-refractivity contribution in [2.45, 2.75) is 32.7 Å².